The zero-order chi connectivity index (χ0) is 12.5. The Hall–Kier alpha value is -1.21. The van der Waals surface area contributed by atoms with Crippen LogP contribution in [0.3, 0.4) is 0 Å². The van der Waals surface area contributed by atoms with E-state index in [1.165, 1.54) is 7.11 Å². The Balaban J connectivity index is 3.41. The Morgan fingerprint density at radius 3 is 2.62 bits per heavy atom. The molecule has 0 saturated heterocycles. The fourth-order valence-electron chi connectivity index (χ4n) is 1.14. The summed E-state index contributed by atoms with van der Waals surface area (Å²) < 4.78 is 31.5. The van der Waals surface area contributed by atoms with Crippen LogP contribution in [0.2, 0.25) is 0 Å². The molecule has 7 heteroatoms. The van der Waals surface area contributed by atoms with E-state index < -0.39 is 29.2 Å². The van der Waals surface area contributed by atoms with Crippen molar-refractivity contribution in [1.82, 2.24) is 0 Å². The number of halogens is 3. The second-order valence-electron chi connectivity index (χ2n) is 2.92. The van der Waals surface area contributed by atoms with Crippen molar-refractivity contribution in [3.63, 3.8) is 0 Å². The fourth-order valence-corrected chi connectivity index (χ4v) is 1.63. The summed E-state index contributed by atoms with van der Waals surface area (Å²) in [6.45, 7) is 0. The summed E-state index contributed by atoms with van der Waals surface area (Å²) in [6.07, 6.45) is 0. The van der Waals surface area contributed by atoms with Crippen molar-refractivity contribution >= 4 is 21.9 Å². The quantitative estimate of drug-likeness (QED) is 0.835. The van der Waals surface area contributed by atoms with E-state index in [-0.39, 0.29) is 10.2 Å². The first-order valence-electron chi connectivity index (χ1n) is 4.10. The van der Waals surface area contributed by atoms with Gasteiger partial charge in [0.15, 0.2) is 0 Å². The minimum absolute atomic E-state index is 0.0728. The molecule has 0 aromatic heterocycles. The third kappa shape index (κ3) is 2.14. The van der Waals surface area contributed by atoms with Gasteiger partial charge in [0.25, 0.3) is 0 Å². The summed E-state index contributed by atoms with van der Waals surface area (Å²) in [6, 6.07) is -0.895. The molecule has 0 saturated carbocycles. The van der Waals surface area contributed by atoms with Crippen LogP contribution in [-0.4, -0.2) is 18.2 Å². The number of hydrogen-bond acceptors (Lipinski definition) is 3. The molecule has 16 heavy (non-hydrogen) atoms. The smallest absolute Gasteiger partial charge is 0.325 e. The molecule has 0 aliphatic heterocycles. The third-order valence-electron chi connectivity index (χ3n) is 1.96. The Bertz CT molecular complexity index is 439. The molecule has 0 spiro atoms. The van der Waals surface area contributed by atoms with Crippen molar-refractivity contribution in [3.8, 4) is 5.75 Å². The van der Waals surface area contributed by atoms with Gasteiger partial charge in [0.2, 0.25) is 0 Å². The lowest BCUT2D eigenvalue weighted by atomic mass is 10.1. The van der Waals surface area contributed by atoms with E-state index in [4.69, 9.17) is 10.8 Å². The first-order valence-corrected chi connectivity index (χ1v) is 4.89. The van der Waals surface area contributed by atoms with Gasteiger partial charge in [-0.2, -0.15) is 0 Å². The maximum absolute atomic E-state index is 13.6. The van der Waals surface area contributed by atoms with Crippen molar-refractivity contribution in [2.75, 3.05) is 7.11 Å². The van der Waals surface area contributed by atoms with Crippen molar-refractivity contribution in [2.24, 2.45) is 5.73 Å². The highest BCUT2D eigenvalue weighted by Gasteiger charge is 2.26. The van der Waals surface area contributed by atoms with Crippen LogP contribution in [0.4, 0.5) is 8.78 Å². The van der Waals surface area contributed by atoms with Gasteiger partial charge >= 0.3 is 5.97 Å². The van der Waals surface area contributed by atoms with E-state index in [1.807, 2.05) is 0 Å². The monoisotopic (exact) mass is 295 g/mol. The summed E-state index contributed by atoms with van der Waals surface area (Å²) in [5.74, 6) is -3.73. The SMILES string of the molecule is COc1cc(F)c(C(N)C(=O)O)c(F)c1Br. The lowest BCUT2D eigenvalue weighted by molar-refractivity contribution is -0.138. The van der Waals surface area contributed by atoms with Gasteiger partial charge in [0.05, 0.1) is 17.1 Å². The van der Waals surface area contributed by atoms with Crippen LogP contribution in [0.1, 0.15) is 11.6 Å². The molecule has 0 aliphatic rings. The number of methoxy groups -OCH3 is 1. The van der Waals surface area contributed by atoms with Gasteiger partial charge in [-0.05, 0) is 15.9 Å². The number of nitrogens with two attached hydrogens (primary N) is 1. The molecule has 3 N–H and O–H groups in total. The van der Waals surface area contributed by atoms with Gasteiger partial charge in [-0.15, -0.1) is 0 Å². The Labute approximate surface area is 98.1 Å². The minimum atomic E-state index is -1.76. The number of carbonyl (C=O) groups is 1. The maximum Gasteiger partial charge on any atom is 0.325 e. The second-order valence-corrected chi connectivity index (χ2v) is 3.71. The number of carboxylic acid groups (broad SMARTS) is 1. The van der Waals surface area contributed by atoms with Gasteiger partial charge < -0.3 is 15.6 Å². The predicted octanol–water partition coefficient (Wildman–Crippen LogP) is 1.82. The molecule has 0 aliphatic carbocycles. The molecular formula is C9H8BrF2NO3. The fraction of sp³-hybridized carbons (Fsp3) is 0.222. The highest BCUT2D eigenvalue weighted by Crippen LogP contribution is 2.33. The molecule has 0 fully saturated rings. The van der Waals surface area contributed by atoms with E-state index in [0.29, 0.717) is 0 Å². The first-order chi connectivity index (χ1) is 7.40. The molecule has 1 rings (SSSR count). The number of hydrogen-bond donors (Lipinski definition) is 2. The van der Waals surface area contributed by atoms with Crippen LogP contribution < -0.4 is 10.5 Å². The Morgan fingerprint density at radius 1 is 1.62 bits per heavy atom. The lowest BCUT2D eigenvalue weighted by Crippen LogP contribution is -2.23. The van der Waals surface area contributed by atoms with Gasteiger partial charge in [-0.3, -0.25) is 4.79 Å². The van der Waals surface area contributed by atoms with Crippen LogP contribution >= 0.6 is 15.9 Å². The molecular weight excluding hydrogens is 288 g/mol. The number of benzene rings is 1. The van der Waals surface area contributed by atoms with E-state index >= 15 is 0 Å². The van der Waals surface area contributed by atoms with Crippen molar-refractivity contribution in [3.05, 3.63) is 27.7 Å². The Morgan fingerprint density at radius 2 is 2.19 bits per heavy atom. The topological polar surface area (TPSA) is 72.5 Å². The number of rotatable bonds is 3. The molecule has 1 aromatic rings. The second kappa shape index (κ2) is 4.75. The Kier molecular flexibility index (Phi) is 3.82. The summed E-state index contributed by atoms with van der Waals surface area (Å²) in [5.41, 5.74) is 4.45. The number of ether oxygens (including phenoxy) is 1. The van der Waals surface area contributed by atoms with Gasteiger partial charge in [-0.1, -0.05) is 0 Å². The average Bonchev–Trinajstić information content (AvgIpc) is 2.23. The highest BCUT2D eigenvalue weighted by atomic mass is 79.9. The van der Waals surface area contributed by atoms with Crippen molar-refractivity contribution in [2.45, 2.75) is 6.04 Å². The molecule has 0 amide bonds. The molecule has 0 bridgehead atoms. The maximum atomic E-state index is 13.6. The normalized spacial score (nSPS) is 12.3. The van der Waals surface area contributed by atoms with E-state index in [9.17, 15) is 13.6 Å². The minimum Gasteiger partial charge on any atom is -0.495 e. The molecule has 1 aromatic carbocycles. The van der Waals surface area contributed by atoms with Crippen LogP contribution in [0.15, 0.2) is 10.5 Å². The number of aliphatic carboxylic acids is 1. The van der Waals surface area contributed by atoms with E-state index in [1.54, 1.807) is 0 Å². The number of carboxylic acids is 1. The van der Waals surface area contributed by atoms with Crippen LogP contribution in [0.5, 0.6) is 5.75 Å². The summed E-state index contributed by atoms with van der Waals surface area (Å²) in [5, 5.41) is 8.60. The third-order valence-corrected chi connectivity index (χ3v) is 2.70. The molecule has 4 nitrogen and oxygen atoms in total. The molecule has 0 radical (unpaired) electrons. The van der Waals surface area contributed by atoms with E-state index in [0.717, 1.165) is 6.07 Å². The van der Waals surface area contributed by atoms with Gasteiger partial charge in [-0.25, -0.2) is 8.78 Å². The molecule has 1 unspecified atom stereocenters. The lowest BCUT2D eigenvalue weighted by Gasteiger charge is -2.13. The highest BCUT2D eigenvalue weighted by molar-refractivity contribution is 9.10. The van der Waals surface area contributed by atoms with Crippen molar-refractivity contribution < 1.29 is 23.4 Å². The largest absolute Gasteiger partial charge is 0.495 e. The summed E-state index contributed by atoms with van der Waals surface area (Å²) in [7, 11) is 1.23. The average molecular weight is 296 g/mol. The summed E-state index contributed by atoms with van der Waals surface area (Å²) >= 11 is 2.83. The van der Waals surface area contributed by atoms with Crippen molar-refractivity contribution in [1.29, 1.82) is 0 Å². The standard InChI is InChI=1S/C9H8BrF2NO3/c1-16-4-2-3(11)5(7(12)6(4)10)8(13)9(14)15/h2,8H,13H2,1H3,(H,14,15). The zero-order valence-electron chi connectivity index (χ0n) is 8.13. The molecule has 88 valence electrons. The van der Waals surface area contributed by atoms with Crippen LogP contribution in [-0.2, 0) is 4.79 Å². The van der Waals surface area contributed by atoms with Gasteiger partial charge in [0, 0.05) is 6.07 Å². The van der Waals surface area contributed by atoms with Gasteiger partial charge in [0.1, 0.15) is 23.4 Å². The van der Waals surface area contributed by atoms with E-state index in [2.05, 4.69) is 20.7 Å². The van der Waals surface area contributed by atoms with Crippen LogP contribution in [0.25, 0.3) is 0 Å². The molecule has 1 atom stereocenters. The predicted molar refractivity (Wildman–Crippen MR) is 55.2 cm³/mol. The first kappa shape index (κ1) is 12.9. The summed E-state index contributed by atoms with van der Waals surface area (Å²) in [4.78, 5) is 10.6. The zero-order valence-corrected chi connectivity index (χ0v) is 9.72. The molecule has 0 heterocycles. The van der Waals surface area contributed by atoms with Crippen LogP contribution in [0, 0.1) is 11.6 Å².